The minimum absolute atomic E-state index is 0.592. The molecule has 8 rings (SSSR count). The van der Waals surface area contributed by atoms with E-state index in [-0.39, 0.29) is 0 Å². The molecule has 0 unspecified atom stereocenters. The standard InChI is InChI=1S/C44H38FO7PS8/c1-47-31-9-17-35(18-10-31)60(36-19-11-32(48-2)12-20-36,43-27-25-41(58-43)56-39-7-5-29-54-39)51-53(45,46)52-61(37-21-13-33(49-3)14-22-37,38-23-15-34(50-4)16-24-38)44-28-26-42(59-44)57-40-8-6-30-55-40/h5-30H,1-4H3. The van der Waals surface area contributed by atoms with E-state index in [1.165, 1.54) is 22.7 Å². The molecule has 8 aromatic rings. The number of hydrogen-bond acceptors (Lipinski definition) is 13. The van der Waals surface area contributed by atoms with Crippen LogP contribution in [0.25, 0.3) is 0 Å². The van der Waals surface area contributed by atoms with Crippen LogP contribution in [0.5, 0.6) is 23.0 Å². The monoisotopic (exact) mass is 984 g/mol. The molecule has 0 bridgehead atoms. The number of ether oxygens (including phenoxy) is 4. The smallest absolute Gasteiger partial charge is 0.497 e. The second-order valence-electron chi connectivity index (χ2n) is 12.6. The van der Waals surface area contributed by atoms with E-state index in [1.807, 2.05) is 95.7 Å². The summed E-state index contributed by atoms with van der Waals surface area (Å²) in [6, 6.07) is 45.1. The molecule has 0 aliphatic carbocycles. The van der Waals surface area contributed by atoms with Gasteiger partial charge in [-0.1, -0.05) is 35.7 Å². The molecule has 0 aliphatic rings. The Morgan fingerprint density at radius 2 is 0.754 bits per heavy atom. The van der Waals surface area contributed by atoms with Gasteiger partial charge in [0.25, 0.3) is 0 Å². The van der Waals surface area contributed by atoms with Crippen LogP contribution in [0.2, 0.25) is 0 Å². The predicted octanol–water partition coefficient (Wildman–Crippen LogP) is 16.5. The topological polar surface area (TPSA) is 72.5 Å². The van der Waals surface area contributed by atoms with Gasteiger partial charge < -0.3 is 18.9 Å². The minimum atomic E-state index is -5.65. The summed E-state index contributed by atoms with van der Waals surface area (Å²) in [5.41, 5.74) is 0. The van der Waals surface area contributed by atoms with Crippen molar-refractivity contribution in [1.82, 2.24) is 0 Å². The largest absolute Gasteiger partial charge is 0.534 e. The molecule has 0 aliphatic heterocycles. The summed E-state index contributed by atoms with van der Waals surface area (Å²) >= 11 is 9.41. The van der Waals surface area contributed by atoms with Gasteiger partial charge in [-0.2, -0.15) is 0 Å². The average molecular weight is 985 g/mol. The van der Waals surface area contributed by atoms with Crippen molar-refractivity contribution in [3.8, 4) is 23.0 Å². The Labute approximate surface area is 382 Å². The molecule has 0 amide bonds. The fourth-order valence-electron chi connectivity index (χ4n) is 6.20. The van der Waals surface area contributed by atoms with Gasteiger partial charge in [0.2, 0.25) is 0 Å². The van der Waals surface area contributed by atoms with E-state index in [2.05, 4.69) is 12.1 Å². The van der Waals surface area contributed by atoms with Crippen molar-refractivity contribution in [3.63, 3.8) is 0 Å². The van der Waals surface area contributed by atoms with Crippen LogP contribution >= 0.6 is 97.4 Å². The summed E-state index contributed by atoms with van der Waals surface area (Å²) < 4.78 is 75.3. The molecule has 4 aromatic heterocycles. The highest BCUT2D eigenvalue weighted by molar-refractivity contribution is 8.34. The van der Waals surface area contributed by atoms with Crippen molar-refractivity contribution in [2.24, 2.45) is 0 Å². The molecule has 0 saturated heterocycles. The molecular formula is C44H38FO7PS8. The summed E-state index contributed by atoms with van der Waals surface area (Å²) in [6.45, 7) is 0. The lowest BCUT2D eigenvalue weighted by molar-refractivity contribution is 0.365. The minimum Gasteiger partial charge on any atom is -0.497 e. The van der Waals surface area contributed by atoms with Gasteiger partial charge in [-0.15, -0.1) is 49.5 Å². The third-order valence-electron chi connectivity index (χ3n) is 9.04. The molecule has 0 N–H and O–H groups in total. The fraction of sp³-hybridized carbons (Fsp3) is 0.0909. The van der Waals surface area contributed by atoms with Gasteiger partial charge in [-0.25, -0.2) is 12.5 Å². The van der Waals surface area contributed by atoms with Gasteiger partial charge in [-0.05, 0) is 165 Å². The highest BCUT2D eigenvalue weighted by atomic mass is 32.3. The molecule has 0 fully saturated rings. The first-order valence-electron chi connectivity index (χ1n) is 18.3. The Balaban J connectivity index is 1.34. The maximum Gasteiger partial charge on any atom is 0.534 e. The maximum absolute atomic E-state index is 18.5. The van der Waals surface area contributed by atoms with Crippen LogP contribution in [0, 0.1) is 0 Å². The molecule has 316 valence electrons. The van der Waals surface area contributed by atoms with Gasteiger partial charge in [0.05, 0.1) is 53.7 Å². The van der Waals surface area contributed by atoms with E-state index in [0.29, 0.717) is 51.0 Å². The second kappa shape index (κ2) is 19.4. The van der Waals surface area contributed by atoms with E-state index in [9.17, 15) is 0 Å². The van der Waals surface area contributed by atoms with Gasteiger partial charge in [-0.3, -0.25) is 0 Å². The summed E-state index contributed by atoms with van der Waals surface area (Å²) in [6.07, 6.45) is 0. The molecular weight excluding hydrogens is 947 g/mol. The van der Waals surface area contributed by atoms with E-state index < -0.39 is 28.5 Å². The summed E-state index contributed by atoms with van der Waals surface area (Å²) in [5, 5.41) is 4.05. The number of benzene rings is 4. The number of thiophene rings is 4. The maximum atomic E-state index is 18.5. The molecule has 4 heterocycles. The van der Waals surface area contributed by atoms with Gasteiger partial charge in [0.1, 0.15) is 23.0 Å². The average Bonchev–Trinajstić information content (AvgIpc) is 4.16. The molecule has 0 spiro atoms. The van der Waals surface area contributed by atoms with Gasteiger partial charge in [0.15, 0.2) is 0 Å². The van der Waals surface area contributed by atoms with Crippen LogP contribution < -0.4 is 18.9 Å². The van der Waals surface area contributed by atoms with E-state index in [1.54, 1.807) is 123 Å². The van der Waals surface area contributed by atoms with Crippen LogP contribution in [0.4, 0.5) is 4.20 Å². The third-order valence-corrected chi connectivity index (χ3v) is 25.4. The number of rotatable bonds is 18. The number of halogens is 1. The first-order valence-corrected chi connectivity index (χ1v) is 27.8. The third kappa shape index (κ3) is 9.51. The number of hydrogen-bond donors (Lipinski definition) is 0. The van der Waals surface area contributed by atoms with E-state index >= 15 is 8.76 Å². The molecule has 0 saturated carbocycles. The van der Waals surface area contributed by atoms with E-state index in [0.717, 1.165) is 16.8 Å². The zero-order chi connectivity index (χ0) is 42.5. The zero-order valence-corrected chi connectivity index (χ0v) is 40.4. The quantitative estimate of drug-likeness (QED) is 0.0782. The second-order valence-corrected chi connectivity index (χ2v) is 27.4. The van der Waals surface area contributed by atoms with Gasteiger partial charge >= 0.3 is 7.91 Å². The van der Waals surface area contributed by atoms with Crippen molar-refractivity contribution < 1.29 is 35.6 Å². The van der Waals surface area contributed by atoms with Crippen molar-refractivity contribution in [2.45, 2.75) is 44.8 Å². The highest BCUT2D eigenvalue weighted by Crippen LogP contribution is 2.84. The first kappa shape index (κ1) is 44.0. The Morgan fingerprint density at radius 3 is 1.02 bits per heavy atom. The lowest BCUT2D eigenvalue weighted by Gasteiger charge is -2.43. The molecule has 0 radical (unpaired) electrons. The number of methoxy groups -OCH3 is 4. The SMILES string of the molecule is COc1ccc(S(OP(=O)(F)OS(c2ccc(OC)cc2)(c2ccc(OC)cc2)c2ccc(Sc3cccs3)s2)(c2ccc(OC)cc2)c2ccc(Sc3cccs3)s2)cc1. The zero-order valence-electron chi connectivity index (χ0n) is 33.0. The fourth-order valence-corrected chi connectivity index (χ4v) is 24.0. The Morgan fingerprint density at radius 1 is 0.443 bits per heavy atom. The lowest BCUT2D eigenvalue weighted by Crippen LogP contribution is -2.09. The molecule has 4 aromatic carbocycles. The van der Waals surface area contributed by atoms with Crippen molar-refractivity contribution in [3.05, 3.63) is 156 Å². The highest BCUT2D eigenvalue weighted by Gasteiger charge is 2.49. The molecule has 61 heavy (non-hydrogen) atoms. The van der Waals surface area contributed by atoms with Crippen molar-refractivity contribution in [1.29, 1.82) is 0 Å². The summed E-state index contributed by atoms with van der Waals surface area (Å²) in [5.74, 6) is 2.40. The van der Waals surface area contributed by atoms with E-state index in [4.69, 9.17) is 26.9 Å². The van der Waals surface area contributed by atoms with Crippen LogP contribution in [0.1, 0.15) is 0 Å². The van der Waals surface area contributed by atoms with Crippen LogP contribution in [0.3, 0.4) is 0 Å². The Kier molecular flexibility index (Phi) is 14.0. The molecule has 7 nitrogen and oxygen atoms in total. The van der Waals surface area contributed by atoms with Crippen LogP contribution in [-0.4, -0.2) is 28.4 Å². The Bertz CT molecular complexity index is 2410. The predicted molar refractivity (Wildman–Crippen MR) is 253 cm³/mol. The molecule has 0 atom stereocenters. The van der Waals surface area contributed by atoms with Crippen LogP contribution in [0.15, 0.2) is 201 Å². The summed E-state index contributed by atoms with van der Waals surface area (Å²) in [7, 11) is -5.62. The first-order chi connectivity index (χ1) is 29.7. The lowest BCUT2D eigenvalue weighted by atomic mass is 10.3. The van der Waals surface area contributed by atoms with Crippen molar-refractivity contribution >= 4 is 97.4 Å². The van der Waals surface area contributed by atoms with Crippen LogP contribution in [-0.2, 0) is 12.5 Å². The Hall–Kier alpha value is -3.64. The van der Waals surface area contributed by atoms with Crippen molar-refractivity contribution in [2.75, 3.05) is 28.4 Å². The van der Waals surface area contributed by atoms with Gasteiger partial charge in [0, 0.05) is 19.6 Å². The molecule has 17 heteroatoms. The normalized spacial score (nSPS) is 12.5. The summed E-state index contributed by atoms with van der Waals surface area (Å²) in [4.78, 5) is 2.37.